The molecular weight excluding hydrogens is 342 g/mol. The highest BCUT2D eigenvalue weighted by Gasteiger charge is 2.46. The van der Waals surface area contributed by atoms with Crippen molar-refractivity contribution >= 4 is 17.8 Å². The molecule has 2 amide bonds. The van der Waals surface area contributed by atoms with Crippen molar-refractivity contribution in [1.82, 2.24) is 4.90 Å². The predicted octanol–water partition coefficient (Wildman–Crippen LogP) is 1.20. The van der Waals surface area contributed by atoms with Crippen LogP contribution in [0, 0.1) is 0 Å². The molecule has 0 spiro atoms. The number of hydrogen-bond donors (Lipinski definition) is 2. The maximum atomic E-state index is 12.6. The fourth-order valence-electron chi connectivity index (χ4n) is 3.13. The molecular formula is C18H13NO7. The van der Waals surface area contributed by atoms with Crippen LogP contribution in [0.1, 0.15) is 32.4 Å². The van der Waals surface area contributed by atoms with Gasteiger partial charge in [0.1, 0.15) is 6.10 Å². The van der Waals surface area contributed by atoms with Gasteiger partial charge in [-0.15, -0.1) is 0 Å². The minimum absolute atomic E-state index is 0.0235. The second kappa shape index (κ2) is 5.85. The second-order valence-corrected chi connectivity index (χ2v) is 5.87. The predicted molar refractivity (Wildman–Crippen MR) is 85.9 cm³/mol. The standard InChI is InChI=1S/C18H13NO7/c20-15(9-5-6-12-13(7-9)26-8-25-12)14(18(23)24)19-16(21)10-3-1-2-4-11(10)17(19)22/h1-7,14-15,20H,8H2,(H,23,24)/t14?,15-/m1/s1. The third kappa shape index (κ3) is 2.31. The summed E-state index contributed by atoms with van der Waals surface area (Å²) in [5, 5.41) is 20.2. The quantitative estimate of drug-likeness (QED) is 0.792. The summed E-state index contributed by atoms with van der Waals surface area (Å²) in [6.07, 6.45) is -1.63. The Hall–Kier alpha value is -3.39. The molecule has 1 unspecified atom stereocenters. The lowest BCUT2D eigenvalue weighted by Gasteiger charge is -2.27. The van der Waals surface area contributed by atoms with Gasteiger partial charge in [-0.25, -0.2) is 4.79 Å². The van der Waals surface area contributed by atoms with Crippen LogP contribution in [-0.4, -0.2) is 45.7 Å². The van der Waals surface area contributed by atoms with Gasteiger partial charge in [0, 0.05) is 0 Å². The molecule has 0 aliphatic carbocycles. The van der Waals surface area contributed by atoms with Crippen LogP contribution in [0.4, 0.5) is 0 Å². The molecule has 8 heteroatoms. The highest BCUT2D eigenvalue weighted by atomic mass is 16.7. The molecule has 0 radical (unpaired) electrons. The first kappa shape index (κ1) is 16.1. The van der Waals surface area contributed by atoms with E-state index in [4.69, 9.17) is 9.47 Å². The Bertz CT molecular complexity index is 904. The molecule has 2 atom stereocenters. The van der Waals surface area contributed by atoms with Gasteiger partial charge in [-0.2, -0.15) is 0 Å². The molecule has 2 aliphatic heterocycles. The number of hydrogen-bond acceptors (Lipinski definition) is 6. The lowest BCUT2D eigenvalue weighted by atomic mass is 10.0. The lowest BCUT2D eigenvalue weighted by molar-refractivity contribution is -0.145. The van der Waals surface area contributed by atoms with Crippen LogP contribution in [-0.2, 0) is 4.79 Å². The molecule has 2 heterocycles. The molecule has 4 rings (SSSR count). The van der Waals surface area contributed by atoms with Gasteiger partial charge in [0.15, 0.2) is 17.5 Å². The van der Waals surface area contributed by atoms with Gasteiger partial charge >= 0.3 is 5.97 Å². The zero-order valence-electron chi connectivity index (χ0n) is 13.3. The summed E-state index contributed by atoms with van der Waals surface area (Å²) in [6.45, 7) is 0.0235. The number of imide groups is 1. The van der Waals surface area contributed by atoms with E-state index in [-0.39, 0.29) is 23.5 Å². The highest BCUT2D eigenvalue weighted by Crippen LogP contribution is 2.36. The molecule has 0 saturated heterocycles. The van der Waals surface area contributed by atoms with E-state index in [1.165, 1.54) is 30.3 Å². The number of nitrogens with zero attached hydrogens (tertiary/aromatic N) is 1. The number of ether oxygens (including phenoxy) is 2. The van der Waals surface area contributed by atoms with E-state index < -0.39 is 29.9 Å². The largest absolute Gasteiger partial charge is 0.480 e. The zero-order valence-corrected chi connectivity index (χ0v) is 13.3. The van der Waals surface area contributed by atoms with Crippen molar-refractivity contribution in [2.45, 2.75) is 12.1 Å². The summed E-state index contributed by atoms with van der Waals surface area (Å²) < 4.78 is 10.4. The van der Waals surface area contributed by atoms with Crippen molar-refractivity contribution in [1.29, 1.82) is 0 Å². The number of aliphatic hydroxyl groups excluding tert-OH is 1. The lowest BCUT2D eigenvalue weighted by Crippen LogP contribution is -2.48. The number of carboxylic acid groups (broad SMARTS) is 1. The molecule has 26 heavy (non-hydrogen) atoms. The molecule has 132 valence electrons. The maximum absolute atomic E-state index is 12.6. The van der Waals surface area contributed by atoms with Crippen LogP contribution >= 0.6 is 0 Å². The van der Waals surface area contributed by atoms with Gasteiger partial charge in [-0.05, 0) is 29.8 Å². The van der Waals surface area contributed by atoms with Gasteiger partial charge < -0.3 is 19.7 Å². The van der Waals surface area contributed by atoms with E-state index in [0.717, 1.165) is 0 Å². The van der Waals surface area contributed by atoms with Gasteiger partial charge in [-0.1, -0.05) is 18.2 Å². The van der Waals surface area contributed by atoms with Crippen molar-refractivity contribution < 1.29 is 34.1 Å². The minimum atomic E-state index is -1.78. The number of carbonyl (C=O) groups excluding carboxylic acids is 2. The summed E-state index contributed by atoms with van der Waals surface area (Å²) in [4.78, 5) is 37.5. The third-order valence-electron chi connectivity index (χ3n) is 4.39. The summed E-state index contributed by atoms with van der Waals surface area (Å²) in [5.74, 6) is -2.18. The Kier molecular flexibility index (Phi) is 3.62. The van der Waals surface area contributed by atoms with Gasteiger partial charge in [0.25, 0.3) is 11.8 Å². The molecule has 2 N–H and O–H groups in total. The smallest absolute Gasteiger partial charge is 0.330 e. The average molecular weight is 355 g/mol. The van der Waals surface area contributed by atoms with Crippen molar-refractivity contribution in [3.05, 3.63) is 59.2 Å². The van der Waals surface area contributed by atoms with Crippen LogP contribution in [0.5, 0.6) is 11.5 Å². The molecule has 8 nitrogen and oxygen atoms in total. The van der Waals surface area contributed by atoms with Crippen molar-refractivity contribution in [3.8, 4) is 11.5 Å². The molecule has 0 fully saturated rings. The Morgan fingerprint density at radius 1 is 1.00 bits per heavy atom. The van der Waals surface area contributed by atoms with Gasteiger partial charge in [0.2, 0.25) is 6.79 Å². The Morgan fingerprint density at radius 3 is 2.23 bits per heavy atom. The van der Waals surface area contributed by atoms with E-state index in [2.05, 4.69) is 0 Å². The number of carbonyl (C=O) groups is 3. The summed E-state index contributed by atoms with van der Waals surface area (Å²) in [5.41, 5.74) is 0.418. The van der Waals surface area contributed by atoms with Crippen molar-refractivity contribution in [2.75, 3.05) is 6.79 Å². The summed E-state index contributed by atoms with van der Waals surface area (Å²) >= 11 is 0. The normalized spacial score (nSPS) is 17.2. The van der Waals surface area contributed by atoms with E-state index in [0.29, 0.717) is 16.4 Å². The molecule has 2 aromatic carbocycles. The Balaban J connectivity index is 1.72. The zero-order chi connectivity index (χ0) is 18.4. The van der Waals surface area contributed by atoms with E-state index in [9.17, 15) is 24.6 Å². The average Bonchev–Trinajstić information content (AvgIpc) is 3.20. The maximum Gasteiger partial charge on any atom is 0.330 e. The monoisotopic (exact) mass is 355 g/mol. The molecule has 2 aliphatic rings. The number of aliphatic carboxylic acids is 1. The number of benzene rings is 2. The van der Waals surface area contributed by atoms with Crippen LogP contribution in [0.3, 0.4) is 0 Å². The highest BCUT2D eigenvalue weighted by molar-refractivity contribution is 6.22. The first-order chi connectivity index (χ1) is 12.5. The van der Waals surface area contributed by atoms with Crippen molar-refractivity contribution in [3.63, 3.8) is 0 Å². The van der Waals surface area contributed by atoms with Crippen LogP contribution in [0.15, 0.2) is 42.5 Å². The van der Waals surface area contributed by atoms with E-state index in [1.54, 1.807) is 12.1 Å². The SMILES string of the molecule is O=C(O)C([C@H](O)c1ccc2c(c1)OCO2)N1C(=O)c2ccccc2C1=O. The number of amides is 2. The fraction of sp³-hybridized carbons (Fsp3) is 0.167. The first-order valence-corrected chi connectivity index (χ1v) is 7.76. The van der Waals surface area contributed by atoms with Crippen molar-refractivity contribution in [2.24, 2.45) is 0 Å². The number of carboxylic acids is 1. The van der Waals surface area contributed by atoms with Crippen LogP contribution in [0.2, 0.25) is 0 Å². The third-order valence-corrected chi connectivity index (χ3v) is 4.39. The number of fused-ring (bicyclic) bond motifs is 2. The number of rotatable bonds is 4. The first-order valence-electron chi connectivity index (χ1n) is 7.76. The minimum Gasteiger partial charge on any atom is -0.480 e. The van der Waals surface area contributed by atoms with Crippen LogP contribution in [0.25, 0.3) is 0 Å². The molecule has 0 aromatic heterocycles. The molecule has 0 bridgehead atoms. The molecule has 0 saturated carbocycles. The van der Waals surface area contributed by atoms with E-state index in [1.807, 2.05) is 0 Å². The number of aliphatic hydroxyl groups is 1. The Morgan fingerprint density at radius 2 is 1.62 bits per heavy atom. The Labute approximate surface area is 147 Å². The molecule has 2 aromatic rings. The fourth-order valence-corrected chi connectivity index (χ4v) is 3.13. The van der Waals surface area contributed by atoms with Gasteiger partial charge in [-0.3, -0.25) is 14.5 Å². The summed E-state index contributed by atoms with van der Waals surface area (Å²) in [7, 11) is 0. The second-order valence-electron chi connectivity index (χ2n) is 5.87. The van der Waals surface area contributed by atoms with Crippen LogP contribution < -0.4 is 9.47 Å². The van der Waals surface area contributed by atoms with E-state index >= 15 is 0 Å². The summed E-state index contributed by atoms with van der Waals surface area (Å²) in [6, 6.07) is 8.70. The van der Waals surface area contributed by atoms with Gasteiger partial charge in [0.05, 0.1) is 11.1 Å². The topological polar surface area (TPSA) is 113 Å².